The predicted octanol–water partition coefficient (Wildman–Crippen LogP) is 2.46. The third kappa shape index (κ3) is 3.51. The number of piperidine rings is 1. The van der Waals surface area contributed by atoms with Gasteiger partial charge in [-0.05, 0) is 24.5 Å². The normalized spacial score (nSPS) is 15.5. The molecule has 2 heterocycles. The molecule has 0 atom stereocenters. The van der Waals surface area contributed by atoms with Crippen LogP contribution in [0.15, 0.2) is 41.5 Å². The predicted molar refractivity (Wildman–Crippen MR) is 94.6 cm³/mol. The molecule has 2 aromatic rings. The molecule has 0 N–H and O–H groups in total. The Hall–Kier alpha value is -2.14. The lowest BCUT2D eigenvalue weighted by molar-refractivity contribution is -0.122. The second kappa shape index (κ2) is 7.18. The lowest BCUT2D eigenvalue weighted by Gasteiger charge is -2.31. The number of carbonyl (C=O) groups is 1. The number of carbonyl (C=O) groups excluding carboxylic acids is 1. The van der Waals surface area contributed by atoms with E-state index in [1.54, 1.807) is 19.4 Å². The Bertz CT molecular complexity index is 795. The fourth-order valence-corrected chi connectivity index (χ4v) is 3.29. The van der Waals surface area contributed by atoms with Crippen molar-refractivity contribution in [2.45, 2.75) is 19.3 Å². The highest BCUT2D eigenvalue weighted by Gasteiger charge is 2.27. The first-order valence-electron chi connectivity index (χ1n) is 8.09. The molecular formula is C18H20ClN3O2. The van der Waals surface area contributed by atoms with Gasteiger partial charge in [0.1, 0.15) is 5.78 Å². The van der Waals surface area contributed by atoms with E-state index in [2.05, 4.69) is 4.98 Å². The number of hydrogen-bond acceptors (Lipinski definition) is 4. The molecule has 5 nitrogen and oxygen atoms in total. The fourth-order valence-electron chi connectivity index (χ4n) is 3.09. The molecule has 1 aliphatic heterocycles. The first-order valence-corrected chi connectivity index (χ1v) is 8.47. The van der Waals surface area contributed by atoms with Gasteiger partial charge in [0.25, 0.3) is 5.56 Å². The van der Waals surface area contributed by atoms with Crippen molar-refractivity contribution in [1.82, 2.24) is 9.55 Å². The summed E-state index contributed by atoms with van der Waals surface area (Å²) in [7, 11) is 1.72. The van der Waals surface area contributed by atoms with Crippen LogP contribution in [0.2, 0.25) is 5.02 Å². The molecule has 126 valence electrons. The number of Topliss-reactive ketones (excluding diaryl/α,β-unsaturated/α-hetero) is 1. The van der Waals surface area contributed by atoms with Crippen LogP contribution in [0.1, 0.15) is 18.4 Å². The average Bonchev–Trinajstić information content (AvgIpc) is 2.59. The maximum absolute atomic E-state index is 12.5. The minimum absolute atomic E-state index is 0.0186. The summed E-state index contributed by atoms with van der Waals surface area (Å²) in [5.74, 6) is 0.707. The first kappa shape index (κ1) is 16.7. The van der Waals surface area contributed by atoms with E-state index in [-0.39, 0.29) is 17.3 Å². The van der Waals surface area contributed by atoms with Gasteiger partial charge >= 0.3 is 0 Å². The van der Waals surface area contributed by atoms with Crippen LogP contribution in [-0.4, -0.2) is 28.4 Å². The minimum Gasteiger partial charge on any atom is -0.352 e. The molecule has 0 saturated carbocycles. The van der Waals surface area contributed by atoms with E-state index in [0.717, 1.165) is 18.4 Å². The monoisotopic (exact) mass is 345 g/mol. The molecular weight excluding hydrogens is 326 g/mol. The van der Waals surface area contributed by atoms with Gasteiger partial charge in [-0.25, -0.2) is 4.98 Å². The maximum Gasteiger partial charge on any atom is 0.293 e. The molecule has 0 radical (unpaired) electrons. The number of rotatable bonds is 4. The van der Waals surface area contributed by atoms with Gasteiger partial charge in [-0.2, -0.15) is 0 Å². The number of ketones is 1. The van der Waals surface area contributed by atoms with E-state index in [9.17, 15) is 9.59 Å². The second-order valence-corrected chi connectivity index (χ2v) is 6.57. The first-order chi connectivity index (χ1) is 11.6. The van der Waals surface area contributed by atoms with Gasteiger partial charge < -0.3 is 9.47 Å². The lowest BCUT2D eigenvalue weighted by atomic mass is 9.89. The quantitative estimate of drug-likeness (QED) is 0.854. The molecule has 1 aromatic heterocycles. The number of hydrogen-bond donors (Lipinski definition) is 0. The van der Waals surface area contributed by atoms with Crippen LogP contribution >= 0.6 is 11.6 Å². The zero-order chi connectivity index (χ0) is 17.1. The fraction of sp³-hybridized carbons (Fsp3) is 0.389. The summed E-state index contributed by atoms with van der Waals surface area (Å²) in [5, 5.41) is 0.639. The Morgan fingerprint density at radius 3 is 2.71 bits per heavy atom. The Morgan fingerprint density at radius 2 is 2.00 bits per heavy atom. The summed E-state index contributed by atoms with van der Waals surface area (Å²) in [5.41, 5.74) is 0.781. The van der Waals surface area contributed by atoms with E-state index >= 15 is 0 Å². The molecule has 3 rings (SSSR count). The van der Waals surface area contributed by atoms with Crippen molar-refractivity contribution in [3.8, 4) is 0 Å². The van der Waals surface area contributed by atoms with Gasteiger partial charge in [0, 0.05) is 49.9 Å². The van der Waals surface area contributed by atoms with Crippen LogP contribution in [0.3, 0.4) is 0 Å². The van der Waals surface area contributed by atoms with Gasteiger partial charge in [0.15, 0.2) is 5.82 Å². The average molecular weight is 346 g/mol. The van der Waals surface area contributed by atoms with E-state index in [1.165, 1.54) is 4.57 Å². The lowest BCUT2D eigenvalue weighted by Crippen LogP contribution is -2.40. The molecule has 1 saturated heterocycles. The van der Waals surface area contributed by atoms with E-state index in [4.69, 9.17) is 11.6 Å². The summed E-state index contributed by atoms with van der Waals surface area (Å²) in [6, 6.07) is 7.46. The molecule has 0 bridgehead atoms. The van der Waals surface area contributed by atoms with Crippen molar-refractivity contribution < 1.29 is 4.79 Å². The SMILES string of the molecule is Cn1ccnc(N2CCC(C(=O)Cc3ccccc3Cl)CC2)c1=O. The molecule has 0 aliphatic carbocycles. The molecule has 1 fully saturated rings. The van der Waals surface area contributed by atoms with Gasteiger partial charge in [-0.1, -0.05) is 29.8 Å². The van der Waals surface area contributed by atoms with Gasteiger partial charge in [0.05, 0.1) is 0 Å². The Balaban J connectivity index is 1.63. The highest BCUT2D eigenvalue weighted by Crippen LogP contribution is 2.24. The summed E-state index contributed by atoms with van der Waals surface area (Å²) >= 11 is 6.14. The molecule has 1 aliphatic rings. The largest absolute Gasteiger partial charge is 0.352 e. The van der Waals surface area contributed by atoms with Crippen LogP contribution in [0.5, 0.6) is 0 Å². The maximum atomic E-state index is 12.5. The van der Waals surface area contributed by atoms with Crippen molar-refractivity contribution in [2.24, 2.45) is 13.0 Å². The van der Waals surface area contributed by atoms with Crippen LogP contribution in [0, 0.1) is 5.92 Å². The van der Waals surface area contributed by atoms with Crippen molar-refractivity contribution >= 4 is 23.2 Å². The number of nitrogens with zero attached hydrogens (tertiary/aromatic N) is 3. The van der Waals surface area contributed by atoms with Gasteiger partial charge in [-0.15, -0.1) is 0 Å². The number of aryl methyl sites for hydroxylation is 1. The van der Waals surface area contributed by atoms with Crippen molar-refractivity contribution in [3.63, 3.8) is 0 Å². The summed E-state index contributed by atoms with van der Waals surface area (Å²) < 4.78 is 1.52. The number of aromatic nitrogens is 2. The number of anilines is 1. The minimum atomic E-state index is -0.0988. The van der Waals surface area contributed by atoms with Crippen LogP contribution < -0.4 is 10.5 Å². The third-order valence-electron chi connectivity index (χ3n) is 4.57. The van der Waals surface area contributed by atoms with E-state index < -0.39 is 0 Å². The Labute approximate surface area is 145 Å². The molecule has 6 heteroatoms. The van der Waals surface area contributed by atoms with Crippen molar-refractivity contribution in [2.75, 3.05) is 18.0 Å². The molecule has 1 aromatic carbocycles. The molecule has 24 heavy (non-hydrogen) atoms. The number of halogens is 1. The Morgan fingerprint density at radius 1 is 1.29 bits per heavy atom. The third-order valence-corrected chi connectivity index (χ3v) is 4.94. The summed E-state index contributed by atoms with van der Waals surface area (Å²) in [4.78, 5) is 30.8. The smallest absolute Gasteiger partial charge is 0.293 e. The zero-order valence-corrected chi connectivity index (χ0v) is 14.4. The standard InChI is InChI=1S/C18H20ClN3O2/c1-21-11-8-20-17(18(21)24)22-9-6-13(7-10-22)16(23)12-14-4-2-3-5-15(14)19/h2-5,8,11,13H,6-7,9-10,12H2,1H3. The van der Waals surface area contributed by atoms with Gasteiger partial charge in [0.2, 0.25) is 0 Å². The van der Waals surface area contributed by atoms with Crippen LogP contribution in [-0.2, 0) is 18.3 Å². The van der Waals surface area contributed by atoms with E-state index in [0.29, 0.717) is 30.4 Å². The van der Waals surface area contributed by atoms with Crippen molar-refractivity contribution in [1.29, 1.82) is 0 Å². The molecule has 0 unspecified atom stereocenters. The van der Waals surface area contributed by atoms with Gasteiger partial charge in [-0.3, -0.25) is 9.59 Å². The van der Waals surface area contributed by atoms with Crippen LogP contribution in [0.4, 0.5) is 5.82 Å². The zero-order valence-electron chi connectivity index (χ0n) is 13.6. The Kier molecular flexibility index (Phi) is 5.00. The highest BCUT2D eigenvalue weighted by molar-refractivity contribution is 6.31. The topological polar surface area (TPSA) is 55.2 Å². The second-order valence-electron chi connectivity index (χ2n) is 6.16. The summed E-state index contributed by atoms with van der Waals surface area (Å²) in [6.45, 7) is 1.34. The number of benzene rings is 1. The molecule has 0 amide bonds. The van der Waals surface area contributed by atoms with Crippen molar-refractivity contribution in [3.05, 3.63) is 57.6 Å². The molecule has 0 spiro atoms. The summed E-state index contributed by atoms with van der Waals surface area (Å²) in [6.07, 6.45) is 5.12. The highest BCUT2D eigenvalue weighted by atomic mass is 35.5. The van der Waals surface area contributed by atoms with Crippen LogP contribution in [0.25, 0.3) is 0 Å². The van der Waals surface area contributed by atoms with E-state index in [1.807, 2.05) is 29.2 Å².